The fraction of sp³-hybridized carbons (Fsp3) is 0.394. The maximum atomic E-state index is 13.9. The third-order valence-electron chi connectivity index (χ3n) is 8.77. The van der Waals surface area contributed by atoms with Gasteiger partial charge in [0.25, 0.3) is 0 Å². The van der Waals surface area contributed by atoms with Crippen LogP contribution in [0.25, 0.3) is 11.6 Å². The number of hydrogen-bond donors (Lipinski definition) is 4. The van der Waals surface area contributed by atoms with Gasteiger partial charge in [-0.3, -0.25) is 9.59 Å². The molecular weight excluding hydrogens is 562 g/mol. The van der Waals surface area contributed by atoms with Crippen LogP contribution in [-0.4, -0.2) is 45.3 Å². The molecule has 7 rings (SSSR count). The minimum atomic E-state index is -1.26. The largest absolute Gasteiger partial charge is 0.469 e. The average Bonchev–Trinajstić information content (AvgIpc) is 3.75. The first kappa shape index (κ1) is 28.1. The van der Waals surface area contributed by atoms with Gasteiger partial charge in [-0.15, -0.1) is 0 Å². The molecule has 1 spiro atoms. The van der Waals surface area contributed by atoms with Gasteiger partial charge in [0, 0.05) is 17.7 Å². The Bertz CT molecular complexity index is 1780. The molecule has 4 bridgehead atoms. The fourth-order valence-electron chi connectivity index (χ4n) is 6.47. The van der Waals surface area contributed by atoms with Crippen LogP contribution in [0.4, 0.5) is 5.69 Å². The molecular formula is C33H35N5O6. The van der Waals surface area contributed by atoms with Crippen LogP contribution < -0.4 is 20.7 Å². The number of ether oxygens (including phenoxy) is 1. The van der Waals surface area contributed by atoms with Crippen LogP contribution in [0.1, 0.15) is 67.8 Å². The van der Waals surface area contributed by atoms with Crippen LogP contribution in [0.2, 0.25) is 0 Å². The highest BCUT2D eigenvalue weighted by Crippen LogP contribution is 2.59. The summed E-state index contributed by atoms with van der Waals surface area (Å²) in [4.78, 5) is 36.5. The first-order valence-corrected chi connectivity index (χ1v) is 15.0. The summed E-state index contributed by atoms with van der Waals surface area (Å²) in [6.45, 7) is 9.25. The Morgan fingerprint density at radius 1 is 1.09 bits per heavy atom. The summed E-state index contributed by atoms with van der Waals surface area (Å²) in [7, 11) is 0. The Labute approximate surface area is 254 Å². The van der Waals surface area contributed by atoms with E-state index in [2.05, 4.69) is 20.9 Å². The second-order valence-corrected chi connectivity index (χ2v) is 12.5. The number of nitrogens with one attached hydrogen (secondary N) is 3. The highest BCUT2D eigenvalue weighted by molar-refractivity contribution is 5.90. The molecule has 11 nitrogen and oxygen atoms in total. The highest BCUT2D eigenvalue weighted by Gasteiger charge is 2.61. The van der Waals surface area contributed by atoms with Gasteiger partial charge in [0.15, 0.2) is 17.7 Å². The molecule has 4 N–H and O–H groups in total. The van der Waals surface area contributed by atoms with E-state index < -0.39 is 41.6 Å². The summed E-state index contributed by atoms with van der Waals surface area (Å²) in [6, 6.07) is 12.1. The monoisotopic (exact) mass is 597 g/mol. The predicted molar refractivity (Wildman–Crippen MR) is 160 cm³/mol. The van der Waals surface area contributed by atoms with Gasteiger partial charge in [-0.1, -0.05) is 58.0 Å². The van der Waals surface area contributed by atoms with Gasteiger partial charge in [0.1, 0.15) is 35.6 Å². The van der Waals surface area contributed by atoms with Gasteiger partial charge in [-0.2, -0.15) is 0 Å². The van der Waals surface area contributed by atoms with Crippen molar-refractivity contribution in [3.63, 3.8) is 0 Å². The molecule has 2 aromatic carbocycles. The summed E-state index contributed by atoms with van der Waals surface area (Å²) < 4.78 is 19.2. The number of carbonyl (C=O) groups excluding carboxylic acids is 2. The van der Waals surface area contributed by atoms with Crippen molar-refractivity contribution >= 4 is 17.5 Å². The first-order valence-electron chi connectivity index (χ1n) is 15.0. The van der Waals surface area contributed by atoms with Crippen molar-refractivity contribution in [2.45, 2.75) is 70.9 Å². The number of carbonyl (C=O) groups is 2. The molecule has 0 radical (unpaired) electrons. The minimum absolute atomic E-state index is 0.138. The second kappa shape index (κ2) is 10.2. The maximum Gasteiger partial charge on any atom is 0.249 e. The molecule has 2 unspecified atom stereocenters. The van der Waals surface area contributed by atoms with Gasteiger partial charge in [0.05, 0.1) is 5.69 Å². The lowest BCUT2D eigenvalue weighted by Crippen LogP contribution is -2.52. The Kier molecular flexibility index (Phi) is 6.54. The number of aliphatic hydroxyl groups is 1. The molecule has 4 aromatic rings. The van der Waals surface area contributed by atoms with Crippen LogP contribution in [0.15, 0.2) is 57.6 Å². The van der Waals surface area contributed by atoms with E-state index in [4.69, 9.17) is 18.6 Å². The fourth-order valence-corrected chi connectivity index (χ4v) is 6.47. The van der Waals surface area contributed by atoms with Crippen LogP contribution >= 0.6 is 0 Å². The third-order valence-corrected chi connectivity index (χ3v) is 8.77. The van der Waals surface area contributed by atoms with Crippen molar-refractivity contribution in [1.82, 2.24) is 20.6 Å². The molecule has 3 aliphatic rings. The number of oxazole rings is 2. The molecule has 11 heteroatoms. The van der Waals surface area contributed by atoms with E-state index >= 15 is 0 Å². The zero-order chi connectivity index (χ0) is 30.9. The first-order chi connectivity index (χ1) is 21.1. The van der Waals surface area contributed by atoms with E-state index in [1.54, 1.807) is 20.1 Å². The molecule has 0 saturated carbocycles. The maximum absolute atomic E-state index is 13.9. The van der Waals surface area contributed by atoms with E-state index in [9.17, 15) is 14.7 Å². The van der Waals surface area contributed by atoms with Gasteiger partial charge >= 0.3 is 0 Å². The molecule has 228 valence electrons. The molecule has 2 aromatic heterocycles. The number of benzene rings is 2. The number of aryl methyl sites for hydroxylation is 1. The Morgan fingerprint density at radius 3 is 2.61 bits per heavy atom. The number of hydrogen-bond acceptors (Lipinski definition) is 9. The second-order valence-electron chi connectivity index (χ2n) is 12.5. The zero-order valence-electron chi connectivity index (χ0n) is 25.2. The molecule has 2 amide bonds. The lowest BCUT2D eigenvalue weighted by Gasteiger charge is -2.29. The van der Waals surface area contributed by atoms with E-state index in [-0.39, 0.29) is 24.1 Å². The molecule has 0 fully saturated rings. The number of amides is 2. The summed E-state index contributed by atoms with van der Waals surface area (Å²) in [5.41, 5.74) is 3.61. The van der Waals surface area contributed by atoms with Crippen molar-refractivity contribution in [3.05, 3.63) is 82.8 Å². The van der Waals surface area contributed by atoms with Crippen molar-refractivity contribution in [2.24, 2.45) is 11.8 Å². The summed E-state index contributed by atoms with van der Waals surface area (Å²) in [6.07, 6.45) is -0.0682. The number of aromatic nitrogens is 2. The Hall–Kier alpha value is -4.64. The normalized spacial score (nSPS) is 24.0. The van der Waals surface area contributed by atoms with Crippen molar-refractivity contribution < 1.29 is 28.3 Å². The quantitative estimate of drug-likeness (QED) is 0.268. The molecule has 0 saturated heterocycles. The number of anilines is 1. The van der Waals surface area contributed by atoms with Gasteiger partial charge < -0.3 is 34.6 Å². The molecule has 5 heterocycles. The van der Waals surface area contributed by atoms with Gasteiger partial charge in [-0.25, -0.2) is 9.97 Å². The zero-order valence-corrected chi connectivity index (χ0v) is 25.2. The minimum Gasteiger partial charge on any atom is -0.469 e. The standard InChI is InChI=1S/C33H35N5O6/c1-15(2)24-31-38-25(30-34-17(5)14-42-30)27(44-31)33-19-8-6-7-9-21(19)36-32(33)43-23-11-10-18(12-20(23)33)13-22(28(40)37-24)35-29(41)26(39)16(3)4/h6-12,14-16,22,24,26,32,36,39H,13H2,1-5H3,(H,35,41)(H,37,40)/t22-,24-,26-,32?,33?/m0/s1. The predicted octanol–water partition coefficient (Wildman–Crippen LogP) is 3.99. The summed E-state index contributed by atoms with van der Waals surface area (Å²) >= 11 is 0. The van der Waals surface area contributed by atoms with E-state index in [0.717, 1.165) is 22.4 Å². The van der Waals surface area contributed by atoms with Gasteiger partial charge in [0.2, 0.25) is 23.6 Å². The molecule has 44 heavy (non-hydrogen) atoms. The number of rotatable bonds is 5. The Balaban J connectivity index is 1.48. The Morgan fingerprint density at radius 2 is 1.89 bits per heavy atom. The van der Waals surface area contributed by atoms with Crippen LogP contribution in [-0.2, 0) is 21.4 Å². The number of para-hydroxylation sites is 1. The summed E-state index contributed by atoms with van der Waals surface area (Å²) in [5, 5.41) is 19.9. The number of nitrogens with zero attached hydrogens (tertiary/aromatic N) is 2. The molecule has 3 aliphatic heterocycles. The van der Waals surface area contributed by atoms with E-state index in [1.165, 1.54) is 0 Å². The van der Waals surface area contributed by atoms with E-state index in [0.29, 0.717) is 28.8 Å². The van der Waals surface area contributed by atoms with Crippen LogP contribution in [0.3, 0.4) is 0 Å². The lowest BCUT2D eigenvalue weighted by atomic mass is 9.72. The number of fused-ring (bicyclic) bond motifs is 4. The molecule has 5 atom stereocenters. The number of aliphatic hydroxyl groups excluding tert-OH is 1. The van der Waals surface area contributed by atoms with Crippen LogP contribution in [0, 0.1) is 18.8 Å². The van der Waals surface area contributed by atoms with Crippen molar-refractivity contribution in [1.29, 1.82) is 0 Å². The third kappa shape index (κ3) is 4.21. The summed E-state index contributed by atoms with van der Waals surface area (Å²) in [5.74, 6) is 0.252. The van der Waals surface area contributed by atoms with Crippen molar-refractivity contribution in [3.8, 4) is 17.3 Å². The topological polar surface area (TPSA) is 152 Å². The lowest BCUT2D eigenvalue weighted by molar-refractivity contribution is -0.135. The molecule has 0 aliphatic carbocycles. The van der Waals surface area contributed by atoms with Crippen LogP contribution in [0.5, 0.6) is 5.75 Å². The van der Waals surface area contributed by atoms with Crippen molar-refractivity contribution in [2.75, 3.05) is 5.32 Å². The van der Waals surface area contributed by atoms with E-state index in [1.807, 2.05) is 63.2 Å². The SMILES string of the molecule is Cc1coc(-c2nc3oc2C24c5ccccc5NC2Oc2ccc(cc24)C[C@H](NC(=O)[C@@H](O)C(C)C)C(=O)N[C@H]3C(C)C)n1. The smallest absolute Gasteiger partial charge is 0.249 e. The van der Waals surface area contributed by atoms with Gasteiger partial charge in [-0.05, 0) is 42.0 Å². The highest BCUT2D eigenvalue weighted by atomic mass is 16.5. The average molecular weight is 598 g/mol.